The summed E-state index contributed by atoms with van der Waals surface area (Å²) < 4.78 is 34.1. The fourth-order valence-electron chi connectivity index (χ4n) is 3.28. The van der Waals surface area contributed by atoms with E-state index in [-0.39, 0.29) is 17.1 Å². The zero-order valence-electron chi connectivity index (χ0n) is 17.1. The summed E-state index contributed by atoms with van der Waals surface area (Å²) in [5.74, 6) is 0. The van der Waals surface area contributed by atoms with Crippen molar-refractivity contribution in [3.8, 4) is 0 Å². The number of aromatic nitrogens is 3. The minimum absolute atomic E-state index is 0. The van der Waals surface area contributed by atoms with Gasteiger partial charge in [0, 0.05) is 27.5 Å². The Bertz CT molecular complexity index is 972. The minimum Gasteiger partial charge on any atom is -0.759 e. The molecule has 0 unspecified atom stereocenters. The zero-order chi connectivity index (χ0) is 21.7. The molecule has 3 heterocycles. The van der Waals surface area contributed by atoms with Crippen molar-refractivity contribution < 1.29 is 34.6 Å². The van der Waals surface area contributed by atoms with Crippen molar-refractivity contribution in [3.05, 3.63) is 88.8 Å². The SMILES string of the molecule is CCC(c1cccc(C)n1)(c1cccc(C)n1)c1cccc(C)n1.O=S(=O)([O-])[O-].[Cu+2]. The van der Waals surface area contributed by atoms with Gasteiger partial charge in [0.15, 0.2) is 0 Å². The van der Waals surface area contributed by atoms with Crippen LogP contribution in [0.5, 0.6) is 0 Å². The average molecular weight is 477 g/mol. The second kappa shape index (κ2) is 10.7. The normalized spacial score (nSPS) is 11.1. The van der Waals surface area contributed by atoms with E-state index in [0.29, 0.717) is 0 Å². The van der Waals surface area contributed by atoms with Crippen molar-refractivity contribution in [1.82, 2.24) is 15.0 Å². The summed E-state index contributed by atoms with van der Waals surface area (Å²) in [7, 11) is -5.17. The Balaban J connectivity index is 0.000000674. The fraction of sp³-hybridized carbons (Fsp3) is 0.286. The summed E-state index contributed by atoms with van der Waals surface area (Å²) >= 11 is 0. The molecule has 9 heteroatoms. The molecular weight excluding hydrogens is 454 g/mol. The van der Waals surface area contributed by atoms with Gasteiger partial charge < -0.3 is 9.11 Å². The van der Waals surface area contributed by atoms with Crippen LogP contribution < -0.4 is 0 Å². The van der Waals surface area contributed by atoms with E-state index in [4.69, 9.17) is 32.5 Å². The molecule has 0 N–H and O–H groups in total. The molecule has 0 aliphatic carbocycles. The van der Waals surface area contributed by atoms with E-state index in [0.717, 1.165) is 40.6 Å². The van der Waals surface area contributed by atoms with Gasteiger partial charge in [-0.3, -0.25) is 23.4 Å². The first-order valence-electron chi connectivity index (χ1n) is 9.05. The molecule has 0 aliphatic heterocycles. The summed E-state index contributed by atoms with van der Waals surface area (Å²) in [5.41, 5.74) is 5.58. The van der Waals surface area contributed by atoms with Crippen LogP contribution in [0.2, 0.25) is 0 Å². The molecule has 3 aromatic heterocycles. The first-order valence-corrected chi connectivity index (χ1v) is 10.4. The number of aryl methyl sites for hydroxylation is 3. The van der Waals surface area contributed by atoms with Crippen molar-refractivity contribution in [1.29, 1.82) is 0 Å². The summed E-state index contributed by atoms with van der Waals surface area (Å²) in [5, 5.41) is 0. The average Bonchev–Trinajstić information content (AvgIpc) is 2.62. The number of pyridine rings is 3. The van der Waals surface area contributed by atoms with Gasteiger partial charge in [0.05, 0.1) is 22.5 Å². The first kappa shape index (κ1) is 25.9. The molecule has 0 saturated heterocycles. The standard InChI is InChI=1S/C21H23N3.Cu.H2O4S/c1-5-21(18-12-6-9-15(2)22-18,19-13-7-10-16(3)23-19)20-14-8-11-17(4)24-20;;1-5(2,3)4/h6-14H,5H2,1-4H3;;(H2,1,2,3,4)/q;+2;/p-2. The third kappa shape index (κ3) is 6.68. The molecule has 0 aliphatic rings. The van der Waals surface area contributed by atoms with Crippen molar-refractivity contribution in [2.75, 3.05) is 0 Å². The maximum atomic E-state index is 8.52. The van der Waals surface area contributed by atoms with E-state index in [1.165, 1.54) is 0 Å². The third-order valence-corrected chi connectivity index (χ3v) is 4.51. The van der Waals surface area contributed by atoms with Crippen molar-refractivity contribution in [2.24, 2.45) is 0 Å². The number of nitrogens with zero attached hydrogens (tertiary/aromatic N) is 3. The largest absolute Gasteiger partial charge is 2.00 e. The summed E-state index contributed by atoms with van der Waals surface area (Å²) in [6.45, 7) is 8.25. The third-order valence-electron chi connectivity index (χ3n) is 4.51. The smallest absolute Gasteiger partial charge is 0.759 e. The first-order chi connectivity index (χ1) is 13.6. The molecule has 7 nitrogen and oxygen atoms in total. The molecule has 0 aromatic carbocycles. The van der Waals surface area contributed by atoms with Gasteiger partial charge in [-0.15, -0.1) is 0 Å². The molecule has 0 saturated carbocycles. The Morgan fingerprint density at radius 1 is 0.733 bits per heavy atom. The molecule has 163 valence electrons. The number of rotatable bonds is 4. The fourth-order valence-corrected chi connectivity index (χ4v) is 3.28. The van der Waals surface area contributed by atoms with Gasteiger partial charge in [-0.2, -0.15) is 0 Å². The maximum absolute atomic E-state index is 8.52. The monoisotopic (exact) mass is 476 g/mol. The van der Waals surface area contributed by atoms with Crippen LogP contribution in [0.25, 0.3) is 0 Å². The zero-order valence-corrected chi connectivity index (χ0v) is 18.8. The second-order valence-corrected chi connectivity index (χ2v) is 7.48. The van der Waals surface area contributed by atoms with E-state index in [1.54, 1.807) is 0 Å². The minimum atomic E-state index is -5.17. The Hall–Kier alpha value is -2.16. The van der Waals surface area contributed by atoms with Crippen molar-refractivity contribution in [2.45, 2.75) is 39.5 Å². The molecule has 0 amide bonds. The van der Waals surface area contributed by atoms with Crippen LogP contribution in [0, 0.1) is 20.8 Å². The number of hydrogen-bond acceptors (Lipinski definition) is 7. The van der Waals surface area contributed by atoms with Crippen LogP contribution in [0.4, 0.5) is 0 Å². The van der Waals surface area contributed by atoms with Crippen LogP contribution in [-0.2, 0) is 32.9 Å². The summed E-state index contributed by atoms with van der Waals surface area (Å²) in [6.07, 6.45) is 0.844. The van der Waals surface area contributed by atoms with Gasteiger partial charge in [0.2, 0.25) is 0 Å². The van der Waals surface area contributed by atoms with E-state index < -0.39 is 15.8 Å². The van der Waals surface area contributed by atoms with Crippen molar-refractivity contribution >= 4 is 10.4 Å². The molecular formula is C21H23CuN3O4S. The molecule has 3 aromatic rings. The van der Waals surface area contributed by atoms with E-state index in [2.05, 4.69) is 43.3 Å². The van der Waals surface area contributed by atoms with Gasteiger partial charge in [-0.05, 0) is 63.6 Å². The molecule has 0 spiro atoms. The summed E-state index contributed by atoms with van der Waals surface area (Å²) in [6, 6.07) is 18.5. The van der Waals surface area contributed by atoms with Gasteiger partial charge in [0.1, 0.15) is 0 Å². The maximum Gasteiger partial charge on any atom is 2.00 e. The summed E-state index contributed by atoms with van der Waals surface area (Å²) in [4.78, 5) is 14.5. The Morgan fingerprint density at radius 3 is 1.20 bits per heavy atom. The van der Waals surface area contributed by atoms with Crippen LogP contribution >= 0.6 is 0 Å². The molecule has 0 bridgehead atoms. The second-order valence-electron chi connectivity index (χ2n) is 6.66. The van der Waals surface area contributed by atoms with Gasteiger partial charge in [-0.25, -0.2) is 0 Å². The predicted octanol–water partition coefficient (Wildman–Crippen LogP) is 3.20. The van der Waals surface area contributed by atoms with Crippen LogP contribution in [-0.4, -0.2) is 32.5 Å². The van der Waals surface area contributed by atoms with Crippen LogP contribution in [0.15, 0.2) is 54.6 Å². The number of hydrogen-bond donors (Lipinski definition) is 0. The van der Waals surface area contributed by atoms with E-state index in [1.807, 2.05) is 39.0 Å². The van der Waals surface area contributed by atoms with Gasteiger partial charge in [-0.1, -0.05) is 25.1 Å². The van der Waals surface area contributed by atoms with Crippen LogP contribution in [0.3, 0.4) is 0 Å². The molecule has 0 fully saturated rings. The topological polar surface area (TPSA) is 119 Å². The van der Waals surface area contributed by atoms with E-state index in [9.17, 15) is 0 Å². The van der Waals surface area contributed by atoms with Crippen LogP contribution in [0.1, 0.15) is 47.5 Å². The Labute approximate surface area is 188 Å². The Morgan fingerprint density at radius 2 is 1.00 bits per heavy atom. The van der Waals surface area contributed by atoms with E-state index >= 15 is 0 Å². The predicted molar refractivity (Wildman–Crippen MR) is 108 cm³/mol. The van der Waals surface area contributed by atoms with Gasteiger partial charge >= 0.3 is 17.1 Å². The molecule has 0 atom stereocenters. The molecule has 30 heavy (non-hydrogen) atoms. The quantitative estimate of drug-likeness (QED) is 0.322. The molecule has 1 radical (unpaired) electrons. The molecule has 3 rings (SSSR count). The van der Waals surface area contributed by atoms with Crippen molar-refractivity contribution in [3.63, 3.8) is 0 Å². The Kier molecular flexibility index (Phi) is 9.27. The van der Waals surface area contributed by atoms with Gasteiger partial charge in [0.25, 0.3) is 0 Å².